The molecule has 0 radical (unpaired) electrons. The van der Waals surface area contributed by atoms with E-state index in [4.69, 9.17) is 4.74 Å². The van der Waals surface area contributed by atoms with Crippen LogP contribution in [0.1, 0.15) is 80.1 Å². The fourth-order valence-electron chi connectivity index (χ4n) is 7.71. The number of fused-ring (bicyclic) bond motifs is 6. The van der Waals surface area contributed by atoms with E-state index in [1.807, 2.05) is 42.5 Å². The lowest BCUT2D eigenvalue weighted by molar-refractivity contribution is 0.0685. The number of halogens is 1. The lowest BCUT2D eigenvalue weighted by Gasteiger charge is -2.29. The summed E-state index contributed by atoms with van der Waals surface area (Å²) in [5.74, 6) is -2.09. The predicted octanol–water partition coefficient (Wildman–Crippen LogP) is 8.21. The molecule has 0 bridgehead atoms. The van der Waals surface area contributed by atoms with E-state index in [9.17, 15) is 19.8 Å². The van der Waals surface area contributed by atoms with Crippen LogP contribution in [-0.4, -0.2) is 44.5 Å². The van der Waals surface area contributed by atoms with Crippen LogP contribution in [0.2, 0.25) is 0 Å². The van der Waals surface area contributed by atoms with E-state index >= 15 is 4.39 Å². The highest BCUT2D eigenvalue weighted by Crippen LogP contribution is 2.47. The fourth-order valence-corrected chi connectivity index (χ4v) is 8.64. The van der Waals surface area contributed by atoms with E-state index in [0.717, 1.165) is 86.6 Å². The van der Waals surface area contributed by atoms with Crippen molar-refractivity contribution in [3.63, 3.8) is 0 Å². The minimum atomic E-state index is -0.985. The van der Waals surface area contributed by atoms with Crippen molar-refractivity contribution in [3.8, 4) is 0 Å². The normalized spacial score (nSPS) is 17.3. The van der Waals surface area contributed by atoms with Gasteiger partial charge in [0.25, 0.3) is 0 Å². The van der Waals surface area contributed by atoms with Crippen LogP contribution in [0, 0.1) is 5.13 Å². The van der Waals surface area contributed by atoms with Gasteiger partial charge in [0.2, 0.25) is 0 Å². The van der Waals surface area contributed by atoms with E-state index in [2.05, 4.69) is 9.13 Å². The number of aromatic nitrogens is 2. The molecule has 1 aliphatic heterocycles. The van der Waals surface area contributed by atoms with Crippen molar-refractivity contribution >= 4 is 56.0 Å². The number of hydrogen-bond acceptors (Lipinski definition) is 4. The quantitative estimate of drug-likeness (QED) is 0.195. The third kappa shape index (κ3) is 4.56. The van der Waals surface area contributed by atoms with Crippen LogP contribution in [-0.2, 0) is 17.7 Å². The van der Waals surface area contributed by atoms with Gasteiger partial charge >= 0.3 is 11.9 Å². The molecule has 6 aromatic rings. The van der Waals surface area contributed by atoms with E-state index in [1.165, 1.54) is 5.69 Å². The summed E-state index contributed by atoms with van der Waals surface area (Å²) in [7, 11) is 0. The first-order chi connectivity index (χ1) is 21.9. The van der Waals surface area contributed by atoms with E-state index < -0.39 is 11.9 Å². The third-order valence-corrected chi connectivity index (χ3v) is 10.6. The standard InChI is InChI=1S/C36H31FN2O5S/c37-34-28(18-23(45-34)19-38-29-6-2-1-4-24(29)25-10-8-20(35(40)41)16-31(25)38)26-5-3-7-30-33(26)27-11-9-21(36(42)43)17-32(27)39(30)22-12-14-44-15-13-22/h1-2,4,6,8-11,16-18,22,26H,3,5,7,12-15,19H2,(H,40,41)(H,42,43). The highest BCUT2D eigenvalue weighted by molar-refractivity contribution is 7.10. The van der Waals surface area contributed by atoms with Gasteiger partial charge in [-0.05, 0) is 74.1 Å². The summed E-state index contributed by atoms with van der Waals surface area (Å²) >= 11 is 1.15. The Bertz CT molecular complexity index is 2150. The Morgan fingerprint density at radius 2 is 1.53 bits per heavy atom. The number of aromatic carboxylic acids is 2. The Labute approximate surface area is 262 Å². The van der Waals surface area contributed by atoms with Gasteiger partial charge in [0.15, 0.2) is 5.13 Å². The lowest BCUT2D eigenvalue weighted by Crippen LogP contribution is -2.22. The number of hydrogen-bond donors (Lipinski definition) is 2. The Balaban J connectivity index is 1.24. The first-order valence-corrected chi connectivity index (χ1v) is 16.2. The lowest BCUT2D eigenvalue weighted by atomic mass is 9.81. The third-order valence-electron chi connectivity index (χ3n) is 9.68. The van der Waals surface area contributed by atoms with Gasteiger partial charge in [0.05, 0.1) is 23.2 Å². The van der Waals surface area contributed by atoms with Crippen LogP contribution in [0.25, 0.3) is 32.7 Å². The second-order valence-electron chi connectivity index (χ2n) is 12.1. The average molecular weight is 623 g/mol. The van der Waals surface area contributed by atoms with Gasteiger partial charge in [0, 0.05) is 68.5 Å². The molecule has 3 aromatic heterocycles. The molecule has 9 heteroatoms. The van der Waals surface area contributed by atoms with Crippen LogP contribution in [0.15, 0.2) is 66.7 Å². The maximum Gasteiger partial charge on any atom is 0.335 e. The van der Waals surface area contributed by atoms with Gasteiger partial charge < -0.3 is 24.1 Å². The van der Waals surface area contributed by atoms with Crippen molar-refractivity contribution in [2.45, 2.75) is 50.6 Å². The van der Waals surface area contributed by atoms with Gasteiger partial charge in [-0.2, -0.15) is 4.39 Å². The number of carboxylic acids is 2. The number of para-hydroxylation sites is 1. The molecule has 2 N–H and O–H groups in total. The SMILES string of the molecule is O=C(O)c1ccc2c3c(n(C4CCOCC4)c2c1)CCCC3c1cc(Cn2c3ccccc3c3ccc(C(=O)O)cc32)sc1F. The van der Waals surface area contributed by atoms with Crippen molar-refractivity contribution in [1.29, 1.82) is 0 Å². The Hall–Kier alpha value is -4.47. The van der Waals surface area contributed by atoms with Crippen LogP contribution in [0.4, 0.5) is 4.39 Å². The summed E-state index contributed by atoms with van der Waals surface area (Å²) in [4.78, 5) is 24.6. The number of nitrogens with zero attached hydrogens (tertiary/aromatic N) is 2. The molecule has 1 unspecified atom stereocenters. The first-order valence-electron chi connectivity index (χ1n) is 15.4. The van der Waals surface area contributed by atoms with E-state index in [-0.39, 0.29) is 28.2 Å². The fraction of sp³-hybridized carbons (Fsp3) is 0.278. The van der Waals surface area contributed by atoms with Crippen molar-refractivity contribution in [1.82, 2.24) is 9.13 Å². The molecule has 8 rings (SSSR count). The average Bonchev–Trinajstić information content (AvgIpc) is 3.70. The molecule has 2 aliphatic rings. The minimum Gasteiger partial charge on any atom is -0.478 e. The van der Waals surface area contributed by atoms with Crippen molar-refractivity contribution in [3.05, 3.63) is 105 Å². The Morgan fingerprint density at radius 1 is 0.844 bits per heavy atom. The molecule has 1 fully saturated rings. The predicted molar refractivity (Wildman–Crippen MR) is 173 cm³/mol. The summed E-state index contributed by atoms with van der Waals surface area (Å²) in [6.45, 7) is 1.75. The van der Waals surface area contributed by atoms with E-state index in [0.29, 0.717) is 25.3 Å². The molecule has 45 heavy (non-hydrogen) atoms. The van der Waals surface area contributed by atoms with Gasteiger partial charge in [-0.15, -0.1) is 11.3 Å². The van der Waals surface area contributed by atoms with Crippen molar-refractivity contribution in [2.24, 2.45) is 0 Å². The van der Waals surface area contributed by atoms with Crippen LogP contribution in [0.3, 0.4) is 0 Å². The van der Waals surface area contributed by atoms with Gasteiger partial charge in [-0.1, -0.05) is 30.3 Å². The van der Waals surface area contributed by atoms with Crippen LogP contribution in [0.5, 0.6) is 0 Å². The summed E-state index contributed by atoms with van der Waals surface area (Å²) in [6.07, 6.45) is 4.31. The molecule has 0 saturated carbocycles. The summed E-state index contributed by atoms with van der Waals surface area (Å²) < 4.78 is 26.2. The summed E-state index contributed by atoms with van der Waals surface area (Å²) in [6, 6.07) is 20.7. The minimum absolute atomic E-state index is 0.144. The maximum atomic E-state index is 16.1. The number of thiophene rings is 1. The largest absolute Gasteiger partial charge is 0.478 e. The number of ether oxygens (including phenoxy) is 1. The monoisotopic (exact) mass is 622 g/mol. The molecule has 3 aromatic carbocycles. The molecule has 1 saturated heterocycles. The van der Waals surface area contributed by atoms with Gasteiger partial charge in [-0.3, -0.25) is 0 Å². The zero-order valence-electron chi connectivity index (χ0n) is 24.5. The molecular weight excluding hydrogens is 591 g/mol. The topological polar surface area (TPSA) is 93.7 Å². The molecule has 0 spiro atoms. The molecule has 0 amide bonds. The molecule has 7 nitrogen and oxygen atoms in total. The van der Waals surface area contributed by atoms with Gasteiger partial charge in [-0.25, -0.2) is 9.59 Å². The second kappa shape index (κ2) is 10.9. The number of rotatable bonds is 6. The molecule has 1 atom stereocenters. The Kier molecular flexibility index (Phi) is 6.76. The molecule has 4 heterocycles. The summed E-state index contributed by atoms with van der Waals surface area (Å²) in [5.41, 5.74) is 6.14. The zero-order chi connectivity index (χ0) is 30.8. The van der Waals surface area contributed by atoms with Crippen LogP contribution >= 0.6 is 11.3 Å². The maximum absolute atomic E-state index is 16.1. The zero-order valence-corrected chi connectivity index (χ0v) is 25.3. The van der Waals surface area contributed by atoms with Crippen LogP contribution < -0.4 is 0 Å². The van der Waals surface area contributed by atoms with Gasteiger partial charge in [0.1, 0.15) is 0 Å². The summed E-state index contributed by atoms with van der Waals surface area (Å²) in [5, 5.41) is 22.3. The van der Waals surface area contributed by atoms with Crippen molar-refractivity contribution in [2.75, 3.05) is 13.2 Å². The number of carbonyl (C=O) groups is 2. The Morgan fingerprint density at radius 3 is 2.29 bits per heavy atom. The van der Waals surface area contributed by atoms with E-state index in [1.54, 1.807) is 24.3 Å². The highest BCUT2D eigenvalue weighted by Gasteiger charge is 2.34. The second-order valence-corrected chi connectivity index (χ2v) is 13.2. The first kappa shape index (κ1) is 28.0. The number of carboxylic acid groups (broad SMARTS) is 2. The number of benzene rings is 3. The van der Waals surface area contributed by atoms with Crippen molar-refractivity contribution < 1.29 is 28.9 Å². The smallest absolute Gasteiger partial charge is 0.335 e. The molecule has 1 aliphatic carbocycles. The highest BCUT2D eigenvalue weighted by atomic mass is 32.1. The molecular formula is C36H31FN2O5S. The molecule has 228 valence electrons.